The van der Waals surface area contributed by atoms with Crippen LogP contribution in [0.4, 0.5) is 32.1 Å². The fraction of sp³-hybridized carbons (Fsp3) is 0.385. The molecule has 0 aliphatic heterocycles. The molecule has 2 fully saturated rings. The molecule has 10 rings (SSSR count). The van der Waals surface area contributed by atoms with Crippen LogP contribution in [0.5, 0.6) is 0 Å². The third-order valence-corrected chi connectivity index (χ3v) is 13.3. The molecule has 1 amide bonds. The van der Waals surface area contributed by atoms with Crippen LogP contribution in [0.15, 0.2) is 85.7 Å². The Morgan fingerprint density at radius 3 is 1.45 bits per heavy atom. The number of pyridine rings is 2. The van der Waals surface area contributed by atoms with Crippen LogP contribution in [0, 0.1) is 51.2 Å². The first-order valence-corrected chi connectivity index (χ1v) is 25.1. The summed E-state index contributed by atoms with van der Waals surface area (Å²) in [7, 11) is 0. The molecule has 8 heterocycles. The van der Waals surface area contributed by atoms with Crippen LogP contribution in [-0.4, -0.2) is 97.1 Å². The number of aryl methyl sites for hydroxylation is 4. The average molecular weight is 1060 g/mol. The monoisotopic (exact) mass is 1060 g/mol. The van der Waals surface area contributed by atoms with E-state index in [0.29, 0.717) is 97.9 Å². The minimum atomic E-state index is -1.21. The Morgan fingerprint density at radius 2 is 1.09 bits per heavy atom. The van der Waals surface area contributed by atoms with E-state index in [9.17, 15) is 28.6 Å². The summed E-state index contributed by atoms with van der Waals surface area (Å²) in [5.41, 5.74) is 8.34. The number of aliphatic carboxylic acids is 1. The van der Waals surface area contributed by atoms with Crippen molar-refractivity contribution in [3.8, 4) is 11.6 Å². The largest absolute Gasteiger partial charge is 0.481 e. The summed E-state index contributed by atoms with van der Waals surface area (Å²) in [6, 6.07) is 14.1. The zero-order valence-electron chi connectivity index (χ0n) is 43.4. The molecular formula is C52H62F2N18O5. The standard InChI is InChI=1S/C26H30FN9O2.C16H21N5O3.C10H11FN4/c1-15-10-21(32-22-11-16(2)34-35-22)33-25(30-15)26(38)8-6-18(7-9-26)24(37)31-17(3)19-4-5-23(28-12-19)36-14-20(27)13-29-36;1-9-7-12(18-13-8-10(2)20-21-13)19-15(17-9)16(24)5-3-11(4-6-16)14(22)23;1-7(12)8-2-3-10(13-4-8)15-6-9(11)5-14-15/h4-5,10-14,17-18,38H,6-9H2,1-3H3,(H,31,37)(H2,30,32,33,34,35);7-8,11,24H,3-6H2,1-2H3,(H,22,23)(H2,17,18,19,20,21);2-7H,12H2,1H3/t17-,18?,26?;;7-/m0.0/s1. The predicted molar refractivity (Wildman–Crippen MR) is 278 cm³/mol. The van der Waals surface area contributed by atoms with Gasteiger partial charge in [-0.1, -0.05) is 12.1 Å². The van der Waals surface area contributed by atoms with Crippen molar-refractivity contribution in [3.63, 3.8) is 0 Å². The van der Waals surface area contributed by atoms with E-state index in [0.717, 1.165) is 46.3 Å². The van der Waals surface area contributed by atoms with Crippen molar-refractivity contribution in [2.75, 3.05) is 10.6 Å². The van der Waals surface area contributed by atoms with E-state index in [-0.39, 0.29) is 29.7 Å². The number of carboxylic acids is 1. The van der Waals surface area contributed by atoms with Crippen LogP contribution in [0.25, 0.3) is 11.6 Å². The third kappa shape index (κ3) is 14.1. The number of anilines is 4. The second-order valence-electron chi connectivity index (χ2n) is 19.6. The van der Waals surface area contributed by atoms with Crippen LogP contribution in [0.3, 0.4) is 0 Å². The van der Waals surface area contributed by atoms with Crippen LogP contribution >= 0.6 is 0 Å². The topological polar surface area (TPSA) is 327 Å². The van der Waals surface area contributed by atoms with Crippen molar-refractivity contribution in [2.24, 2.45) is 17.6 Å². The number of carboxylic acid groups (broad SMARTS) is 1. The number of nitrogens with zero attached hydrogens (tertiary/aromatic N) is 12. The van der Waals surface area contributed by atoms with E-state index < -0.39 is 28.9 Å². The summed E-state index contributed by atoms with van der Waals surface area (Å²) in [5, 5.41) is 62.4. The number of aliphatic hydroxyl groups is 2. The zero-order valence-corrected chi connectivity index (χ0v) is 43.4. The number of amides is 1. The van der Waals surface area contributed by atoms with Gasteiger partial charge >= 0.3 is 5.97 Å². The number of carbonyl (C=O) groups excluding carboxylic acids is 1. The van der Waals surface area contributed by atoms with Crippen molar-refractivity contribution >= 4 is 35.1 Å². The molecule has 0 spiro atoms. The van der Waals surface area contributed by atoms with Crippen molar-refractivity contribution in [2.45, 2.75) is 116 Å². The number of nitrogens with two attached hydrogens (primary N) is 1. The minimum absolute atomic E-state index is 0.0547. The highest BCUT2D eigenvalue weighted by atomic mass is 19.1. The Labute approximate surface area is 441 Å². The van der Waals surface area contributed by atoms with Gasteiger partial charge in [0.2, 0.25) is 5.91 Å². The van der Waals surface area contributed by atoms with Gasteiger partial charge in [0.1, 0.15) is 22.8 Å². The minimum Gasteiger partial charge on any atom is -0.481 e. The molecule has 2 saturated carbocycles. The number of H-pyrrole nitrogens is 2. The molecule has 0 aromatic carbocycles. The van der Waals surface area contributed by atoms with Gasteiger partial charge in [0.15, 0.2) is 46.6 Å². The number of aromatic amines is 2. The van der Waals surface area contributed by atoms with Gasteiger partial charge in [-0.05, 0) is 116 Å². The van der Waals surface area contributed by atoms with Crippen LogP contribution < -0.4 is 21.7 Å². The number of carbonyl (C=O) groups is 2. The Kier molecular flexibility index (Phi) is 16.8. The summed E-state index contributed by atoms with van der Waals surface area (Å²) in [6.07, 6.45) is 11.4. The fourth-order valence-corrected chi connectivity index (χ4v) is 8.91. The van der Waals surface area contributed by atoms with E-state index in [1.807, 2.05) is 65.8 Å². The molecule has 2 aliphatic carbocycles. The Hall–Kier alpha value is -8.42. The lowest BCUT2D eigenvalue weighted by Gasteiger charge is -2.34. The number of aromatic nitrogens is 14. The molecule has 2 atom stereocenters. The SMILES string of the molecule is C[C@H](N)c1ccc(-n2cc(F)cn2)nc1.Cc1cc(Nc2cc(C)[nH]n2)nc(C2(O)CCC(C(=O)N[C@@H](C)c3ccc(-n4cc(F)cn4)nc3)CC2)n1.Cc1cc(Nc2cc(C)[nH]n2)nc(C2(O)CCC(C(=O)O)CC2)n1. The lowest BCUT2D eigenvalue weighted by Crippen LogP contribution is -2.40. The molecule has 0 bridgehead atoms. The summed E-state index contributed by atoms with van der Waals surface area (Å²) in [5.74, 6) is 1.79. The average Bonchev–Trinajstić information content (AvgIpc) is 4.24. The first kappa shape index (κ1) is 54.8. The molecule has 0 saturated heterocycles. The lowest BCUT2D eigenvalue weighted by atomic mass is 9.77. The Bertz CT molecular complexity index is 3270. The molecular weight excluding hydrogens is 995 g/mol. The quantitative estimate of drug-likeness (QED) is 0.0562. The first-order valence-electron chi connectivity index (χ1n) is 25.1. The van der Waals surface area contributed by atoms with Gasteiger partial charge in [0.25, 0.3) is 0 Å². The van der Waals surface area contributed by atoms with E-state index in [2.05, 4.69) is 76.4 Å². The molecule has 404 valence electrons. The van der Waals surface area contributed by atoms with Crippen molar-refractivity contribution in [3.05, 3.63) is 143 Å². The summed E-state index contributed by atoms with van der Waals surface area (Å²) in [6.45, 7) is 11.3. The molecule has 0 radical (unpaired) electrons. The Morgan fingerprint density at radius 1 is 0.649 bits per heavy atom. The van der Waals surface area contributed by atoms with Gasteiger partial charge in [-0.3, -0.25) is 19.8 Å². The van der Waals surface area contributed by atoms with E-state index in [4.69, 9.17) is 10.8 Å². The smallest absolute Gasteiger partial charge is 0.306 e. The predicted octanol–water partition coefficient (Wildman–Crippen LogP) is 6.98. The molecule has 0 unspecified atom stereocenters. The number of hydrogen-bond donors (Lipinski definition) is 9. The maximum atomic E-state index is 13.2. The molecule has 23 nitrogen and oxygen atoms in total. The van der Waals surface area contributed by atoms with E-state index in [1.165, 1.54) is 21.8 Å². The van der Waals surface area contributed by atoms with Crippen molar-refractivity contribution < 1.29 is 33.7 Å². The van der Waals surface area contributed by atoms with Crippen LogP contribution in [-0.2, 0) is 20.8 Å². The molecule has 77 heavy (non-hydrogen) atoms. The molecule has 8 aromatic rings. The summed E-state index contributed by atoms with van der Waals surface area (Å²) in [4.78, 5) is 50.4. The summed E-state index contributed by atoms with van der Waals surface area (Å²) >= 11 is 0. The van der Waals surface area contributed by atoms with Crippen molar-refractivity contribution in [1.29, 1.82) is 0 Å². The number of nitrogens with one attached hydrogen (secondary N) is 5. The lowest BCUT2D eigenvalue weighted by molar-refractivity contribution is -0.145. The second kappa shape index (κ2) is 23.6. The molecule has 25 heteroatoms. The van der Waals surface area contributed by atoms with Crippen molar-refractivity contribution in [1.82, 2.24) is 75.2 Å². The van der Waals surface area contributed by atoms with Gasteiger partial charge in [0, 0.05) is 71.4 Å². The maximum absolute atomic E-state index is 13.2. The van der Waals surface area contributed by atoms with Gasteiger partial charge in [-0.25, -0.2) is 48.0 Å². The van der Waals surface area contributed by atoms with Gasteiger partial charge in [-0.2, -0.15) is 20.4 Å². The molecule has 2 aliphatic rings. The van der Waals surface area contributed by atoms with Gasteiger partial charge in [0.05, 0.1) is 36.7 Å². The highest BCUT2D eigenvalue weighted by Crippen LogP contribution is 2.40. The molecule has 10 N–H and O–H groups in total. The number of hydrogen-bond acceptors (Lipinski definition) is 17. The normalized spacial score (nSPS) is 19.9. The molecule has 8 aromatic heterocycles. The summed E-state index contributed by atoms with van der Waals surface area (Å²) < 4.78 is 28.6. The van der Waals surface area contributed by atoms with Crippen LogP contribution in [0.2, 0.25) is 0 Å². The third-order valence-electron chi connectivity index (χ3n) is 13.3. The Balaban J connectivity index is 0.000000170. The zero-order chi connectivity index (χ0) is 55.0. The van der Waals surface area contributed by atoms with Crippen LogP contribution in [0.1, 0.15) is 123 Å². The second-order valence-corrected chi connectivity index (χ2v) is 19.6. The van der Waals surface area contributed by atoms with Gasteiger partial charge < -0.3 is 37.0 Å². The number of halogens is 2. The fourth-order valence-electron chi connectivity index (χ4n) is 8.91. The highest BCUT2D eigenvalue weighted by molar-refractivity contribution is 5.79. The van der Waals surface area contributed by atoms with E-state index >= 15 is 0 Å². The van der Waals surface area contributed by atoms with E-state index in [1.54, 1.807) is 36.7 Å². The maximum Gasteiger partial charge on any atom is 0.306 e. The highest BCUT2D eigenvalue weighted by Gasteiger charge is 2.41. The first-order chi connectivity index (χ1) is 36.7. The van der Waals surface area contributed by atoms with Gasteiger partial charge in [-0.15, -0.1) is 0 Å². The number of rotatable bonds is 13.